The minimum Gasteiger partial charge on any atom is -0.247 e. The Labute approximate surface area is 176 Å². The minimum atomic E-state index is -1.58. The maximum absolute atomic E-state index is 14.9. The van der Waals surface area contributed by atoms with Crippen molar-refractivity contribution in [3.63, 3.8) is 0 Å². The zero-order valence-electron chi connectivity index (χ0n) is 18.7. The number of alkyl halides is 3. The molecule has 29 heavy (non-hydrogen) atoms. The molecule has 0 spiro atoms. The normalized spacial score (nSPS) is 51.4. The molecular formula is C26H43F3. The number of hydrogen-bond acceptors (Lipinski definition) is 0. The Balaban J connectivity index is 1.23. The lowest BCUT2D eigenvalue weighted by atomic mass is 9.61. The van der Waals surface area contributed by atoms with E-state index in [0.29, 0.717) is 5.92 Å². The smallest absolute Gasteiger partial charge is 0.137 e. The second kappa shape index (κ2) is 9.51. The van der Waals surface area contributed by atoms with Crippen molar-refractivity contribution in [3.05, 3.63) is 0 Å². The fourth-order valence-electron chi connectivity index (χ4n) is 7.60. The van der Waals surface area contributed by atoms with Gasteiger partial charge in [0.1, 0.15) is 18.5 Å². The predicted molar refractivity (Wildman–Crippen MR) is 114 cm³/mol. The molecule has 0 aromatic rings. The maximum atomic E-state index is 14.9. The third kappa shape index (κ3) is 4.84. The molecule has 0 amide bonds. The molecule has 0 saturated heterocycles. The van der Waals surface area contributed by atoms with Gasteiger partial charge in [-0.1, -0.05) is 46.0 Å². The summed E-state index contributed by atoms with van der Waals surface area (Å²) in [6.45, 7) is 4.25. The topological polar surface area (TPSA) is 0 Å². The highest BCUT2D eigenvalue weighted by atomic mass is 19.2. The molecule has 0 aliphatic heterocycles. The third-order valence-electron chi connectivity index (χ3n) is 9.74. The zero-order valence-corrected chi connectivity index (χ0v) is 18.7. The lowest BCUT2D eigenvalue weighted by Gasteiger charge is -2.47. The summed E-state index contributed by atoms with van der Waals surface area (Å²) in [5.74, 6) is 2.60. The minimum absolute atomic E-state index is 0.0672. The van der Waals surface area contributed by atoms with Gasteiger partial charge in [0, 0.05) is 5.92 Å². The van der Waals surface area contributed by atoms with Gasteiger partial charge in [0.15, 0.2) is 0 Å². The molecule has 0 N–H and O–H groups in total. The van der Waals surface area contributed by atoms with Crippen molar-refractivity contribution in [1.29, 1.82) is 0 Å². The fraction of sp³-hybridized carbons (Fsp3) is 1.00. The number of fused-ring (bicyclic) bond motifs is 1. The summed E-state index contributed by atoms with van der Waals surface area (Å²) in [5.41, 5.74) is 0. The Morgan fingerprint density at radius 3 is 1.83 bits per heavy atom. The van der Waals surface area contributed by atoms with E-state index in [1.807, 2.05) is 6.92 Å². The highest BCUT2D eigenvalue weighted by Crippen LogP contribution is 2.50. The molecule has 168 valence electrons. The van der Waals surface area contributed by atoms with Crippen LogP contribution < -0.4 is 0 Å². The summed E-state index contributed by atoms with van der Waals surface area (Å²) in [7, 11) is 0. The van der Waals surface area contributed by atoms with Crippen LogP contribution in [0.5, 0.6) is 0 Å². The zero-order chi connectivity index (χ0) is 20.5. The van der Waals surface area contributed by atoms with Gasteiger partial charge in [0.25, 0.3) is 0 Å². The van der Waals surface area contributed by atoms with Crippen LogP contribution in [-0.2, 0) is 0 Å². The van der Waals surface area contributed by atoms with E-state index in [1.54, 1.807) is 0 Å². The van der Waals surface area contributed by atoms with Crippen LogP contribution in [0.1, 0.15) is 97.3 Å². The molecule has 4 fully saturated rings. The van der Waals surface area contributed by atoms with Crippen LogP contribution in [-0.4, -0.2) is 18.5 Å². The molecular weight excluding hydrogens is 369 g/mol. The number of rotatable bonds is 4. The van der Waals surface area contributed by atoms with Gasteiger partial charge in [-0.2, -0.15) is 0 Å². The van der Waals surface area contributed by atoms with Gasteiger partial charge in [-0.3, -0.25) is 0 Å². The largest absolute Gasteiger partial charge is 0.247 e. The lowest BCUT2D eigenvalue weighted by Crippen LogP contribution is -2.51. The van der Waals surface area contributed by atoms with E-state index >= 15 is 0 Å². The van der Waals surface area contributed by atoms with Crippen molar-refractivity contribution in [2.45, 2.75) is 116 Å². The molecule has 7 atom stereocenters. The average Bonchev–Trinajstić information content (AvgIpc) is 2.73. The van der Waals surface area contributed by atoms with Crippen LogP contribution >= 0.6 is 0 Å². The highest BCUT2D eigenvalue weighted by Gasteiger charge is 2.51. The van der Waals surface area contributed by atoms with Gasteiger partial charge in [0.2, 0.25) is 0 Å². The summed E-state index contributed by atoms with van der Waals surface area (Å²) in [6.07, 6.45) is 11.1. The molecule has 0 radical (unpaired) electrons. The van der Waals surface area contributed by atoms with Crippen LogP contribution in [0.4, 0.5) is 13.2 Å². The quantitative estimate of drug-likeness (QED) is 0.437. The summed E-state index contributed by atoms with van der Waals surface area (Å²) in [6, 6.07) is 0. The third-order valence-corrected chi connectivity index (χ3v) is 9.74. The van der Waals surface area contributed by atoms with E-state index in [0.717, 1.165) is 49.9 Å². The Morgan fingerprint density at radius 2 is 1.17 bits per heavy atom. The van der Waals surface area contributed by atoms with Crippen LogP contribution in [0.2, 0.25) is 0 Å². The van der Waals surface area contributed by atoms with E-state index in [1.165, 1.54) is 51.4 Å². The Morgan fingerprint density at radius 1 is 0.586 bits per heavy atom. The van der Waals surface area contributed by atoms with E-state index in [4.69, 9.17) is 0 Å². The van der Waals surface area contributed by atoms with Crippen LogP contribution in [0.15, 0.2) is 0 Å². The second-order valence-electron chi connectivity index (χ2n) is 11.6. The first-order chi connectivity index (χ1) is 13.9. The number of halogens is 3. The van der Waals surface area contributed by atoms with Gasteiger partial charge < -0.3 is 0 Å². The Hall–Kier alpha value is -0.210. The summed E-state index contributed by atoms with van der Waals surface area (Å²) in [5, 5.41) is 0. The number of hydrogen-bond donors (Lipinski definition) is 0. The molecule has 3 heteroatoms. The van der Waals surface area contributed by atoms with Crippen molar-refractivity contribution < 1.29 is 13.2 Å². The average molecular weight is 413 g/mol. The highest BCUT2D eigenvalue weighted by molar-refractivity contribution is 4.99. The first-order valence-electron chi connectivity index (χ1n) is 12.9. The standard InChI is InChI=1S/C26H43F3/c1-16-3-9-19(10-4-16)20-12-6-18(7-13-20)8-14-22-15-21-11-5-17(2)24(27)23(21)26(29)25(22)28/h16-26H,3-15H2,1-2H3. The van der Waals surface area contributed by atoms with Crippen molar-refractivity contribution in [1.82, 2.24) is 0 Å². The maximum Gasteiger partial charge on any atom is 0.137 e. The molecule has 0 nitrogen and oxygen atoms in total. The van der Waals surface area contributed by atoms with Crippen LogP contribution in [0.3, 0.4) is 0 Å². The molecule has 7 unspecified atom stereocenters. The molecule has 4 aliphatic rings. The first kappa shape index (κ1) is 22.0. The van der Waals surface area contributed by atoms with Gasteiger partial charge in [-0.05, 0) is 92.8 Å². The van der Waals surface area contributed by atoms with Gasteiger partial charge in [-0.25, -0.2) is 13.2 Å². The van der Waals surface area contributed by atoms with Crippen molar-refractivity contribution in [3.8, 4) is 0 Å². The van der Waals surface area contributed by atoms with Crippen molar-refractivity contribution in [2.24, 2.45) is 47.3 Å². The van der Waals surface area contributed by atoms with Gasteiger partial charge in [-0.15, -0.1) is 0 Å². The van der Waals surface area contributed by atoms with Crippen LogP contribution in [0, 0.1) is 47.3 Å². The molecule has 4 aliphatic carbocycles. The van der Waals surface area contributed by atoms with E-state index in [2.05, 4.69) is 6.92 Å². The molecule has 4 rings (SSSR count). The Bertz CT molecular complexity index is 504. The SMILES string of the molecule is CC1CCC(C2CCC(CCC3CC4CCC(C)C(F)C4C(F)C3F)CC2)CC1. The molecule has 4 saturated carbocycles. The predicted octanol–water partition coefficient (Wildman–Crippen LogP) is 8.10. The first-order valence-corrected chi connectivity index (χ1v) is 12.9. The van der Waals surface area contributed by atoms with E-state index in [-0.39, 0.29) is 17.8 Å². The van der Waals surface area contributed by atoms with Crippen molar-refractivity contribution >= 4 is 0 Å². The summed E-state index contributed by atoms with van der Waals surface area (Å²) < 4.78 is 44.2. The van der Waals surface area contributed by atoms with Gasteiger partial charge in [0.05, 0.1) is 0 Å². The Kier molecular flexibility index (Phi) is 7.22. The molecule has 0 aromatic heterocycles. The van der Waals surface area contributed by atoms with E-state index < -0.39 is 24.4 Å². The molecule has 0 bridgehead atoms. The monoisotopic (exact) mass is 412 g/mol. The lowest BCUT2D eigenvalue weighted by molar-refractivity contribution is -0.0821. The van der Waals surface area contributed by atoms with Crippen LogP contribution in [0.25, 0.3) is 0 Å². The summed E-state index contributed by atoms with van der Waals surface area (Å²) >= 11 is 0. The molecule has 0 heterocycles. The van der Waals surface area contributed by atoms with E-state index in [9.17, 15) is 13.2 Å². The summed E-state index contributed by atoms with van der Waals surface area (Å²) in [4.78, 5) is 0. The fourth-order valence-corrected chi connectivity index (χ4v) is 7.60. The van der Waals surface area contributed by atoms with Crippen molar-refractivity contribution in [2.75, 3.05) is 0 Å². The molecule has 0 aromatic carbocycles. The second-order valence-corrected chi connectivity index (χ2v) is 11.6. The van der Waals surface area contributed by atoms with Gasteiger partial charge >= 0.3 is 0 Å².